The molecule has 0 spiro atoms. The molecule has 0 bridgehead atoms. The number of carboxylic acid groups (broad SMARTS) is 1. The fourth-order valence-corrected chi connectivity index (χ4v) is 2.72. The lowest BCUT2D eigenvalue weighted by atomic mass is 10.1. The maximum Gasteiger partial charge on any atom is 0.325 e. The second-order valence-corrected chi connectivity index (χ2v) is 6.57. The number of nitrogens with zero attached hydrogens (tertiary/aromatic N) is 4. The van der Waals surface area contributed by atoms with E-state index in [0.29, 0.717) is 24.6 Å². The molecule has 0 aliphatic rings. The van der Waals surface area contributed by atoms with Crippen molar-refractivity contribution in [1.82, 2.24) is 19.6 Å². The highest BCUT2D eigenvalue weighted by Crippen LogP contribution is 2.17. The van der Waals surface area contributed by atoms with E-state index in [1.165, 1.54) is 10.9 Å². The van der Waals surface area contributed by atoms with E-state index in [-0.39, 0.29) is 12.5 Å². The molecule has 0 aromatic carbocycles. The number of aromatic nitrogens is 4. The molecular formula is C17H25N5O3. The predicted molar refractivity (Wildman–Crippen MR) is 93.4 cm³/mol. The van der Waals surface area contributed by atoms with E-state index < -0.39 is 5.97 Å². The summed E-state index contributed by atoms with van der Waals surface area (Å²) in [6, 6.07) is 1.58. The lowest BCUT2D eigenvalue weighted by molar-refractivity contribution is -0.137. The van der Waals surface area contributed by atoms with Crippen molar-refractivity contribution in [2.75, 3.05) is 5.32 Å². The Kier molecular flexibility index (Phi) is 5.95. The van der Waals surface area contributed by atoms with Crippen LogP contribution in [-0.4, -0.2) is 36.5 Å². The Bertz CT molecular complexity index is 760. The van der Waals surface area contributed by atoms with Gasteiger partial charge in [-0.05, 0) is 31.7 Å². The number of carbonyl (C=O) groups excluding carboxylic acids is 1. The predicted octanol–water partition coefficient (Wildman–Crippen LogP) is 2.01. The Morgan fingerprint density at radius 2 is 2.00 bits per heavy atom. The number of carboxylic acids is 1. The molecule has 0 unspecified atom stereocenters. The third kappa shape index (κ3) is 5.17. The fraction of sp³-hybridized carbons (Fsp3) is 0.529. The van der Waals surface area contributed by atoms with Crippen molar-refractivity contribution >= 4 is 17.7 Å². The van der Waals surface area contributed by atoms with E-state index in [4.69, 9.17) is 5.11 Å². The summed E-state index contributed by atoms with van der Waals surface area (Å²) in [6.07, 6.45) is 2.45. The van der Waals surface area contributed by atoms with Gasteiger partial charge >= 0.3 is 5.97 Å². The van der Waals surface area contributed by atoms with E-state index in [0.717, 1.165) is 23.5 Å². The normalized spacial score (nSPS) is 11.1. The third-order valence-corrected chi connectivity index (χ3v) is 3.88. The van der Waals surface area contributed by atoms with Crippen LogP contribution < -0.4 is 5.32 Å². The van der Waals surface area contributed by atoms with Crippen LogP contribution >= 0.6 is 0 Å². The van der Waals surface area contributed by atoms with Crippen molar-refractivity contribution in [2.24, 2.45) is 5.92 Å². The first kappa shape index (κ1) is 18.7. The van der Waals surface area contributed by atoms with Gasteiger partial charge in [0, 0.05) is 30.9 Å². The van der Waals surface area contributed by atoms with Gasteiger partial charge in [-0.3, -0.25) is 19.0 Å². The molecule has 1 amide bonds. The van der Waals surface area contributed by atoms with E-state index in [1.54, 1.807) is 6.07 Å². The van der Waals surface area contributed by atoms with Gasteiger partial charge in [0.05, 0.1) is 5.69 Å². The summed E-state index contributed by atoms with van der Waals surface area (Å²) in [4.78, 5) is 22.8. The highest BCUT2D eigenvalue weighted by molar-refractivity contribution is 5.89. The number of nitrogens with one attached hydrogen (secondary N) is 1. The summed E-state index contributed by atoms with van der Waals surface area (Å²) in [5, 5.41) is 20.0. The van der Waals surface area contributed by atoms with Crippen LogP contribution in [0.2, 0.25) is 0 Å². The highest BCUT2D eigenvalue weighted by atomic mass is 16.4. The summed E-state index contributed by atoms with van der Waals surface area (Å²) < 4.78 is 3.27. The van der Waals surface area contributed by atoms with Crippen molar-refractivity contribution in [3.8, 4) is 0 Å². The molecule has 0 radical (unpaired) electrons. The van der Waals surface area contributed by atoms with Crippen molar-refractivity contribution in [2.45, 2.75) is 53.6 Å². The van der Waals surface area contributed by atoms with Crippen LogP contribution in [0.4, 0.5) is 5.82 Å². The zero-order chi connectivity index (χ0) is 18.6. The zero-order valence-electron chi connectivity index (χ0n) is 15.1. The Balaban J connectivity index is 1.93. The fourth-order valence-electron chi connectivity index (χ4n) is 2.72. The minimum atomic E-state index is -0.981. The van der Waals surface area contributed by atoms with E-state index in [9.17, 15) is 9.59 Å². The molecule has 0 saturated carbocycles. The van der Waals surface area contributed by atoms with Gasteiger partial charge in [-0.25, -0.2) is 0 Å². The molecule has 0 aliphatic heterocycles. The quantitative estimate of drug-likeness (QED) is 0.760. The monoisotopic (exact) mass is 347 g/mol. The van der Waals surface area contributed by atoms with Crippen molar-refractivity contribution < 1.29 is 14.7 Å². The largest absolute Gasteiger partial charge is 0.480 e. The first-order valence-electron chi connectivity index (χ1n) is 8.34. The number of aryl methyl sites for hydroxylation is 1. The second kappa shape index (κ2) is 7.96. The van der Waals surface area contributed by atoms with Crippen LogP contribution in [0.3, 0.4) is 0 Å². The maximum absolute atomic E-state index is 12.1. The van der Waals surface area contributed by atoms with Gasteiger partial charge in [-0.1, -0.05) is 13.8 Å². The first-order chi connectivity index (χ1) is 11.8. The second-order valence-electron chi connectivity index (χ2n) is 6.57. The van der Waals surface area contributed by atoms with E-state index >= 15 is 0 Å². The van der Waals surface area contributed by atoms with E-state index in [2.05, 4.69) is 29.4 Å². The summed E-state index contributed by atoms with van der Waals surface area (Å²) in [6.45, 7) is 8.91. The maximum atomic E-state index is 12.1. The van der Waals surface area contributed by atoms with Gasteiger partial charge < -0.3 is 10.4 Å². The molecule has 0 atom stereocenters. The number of rotatable bonds is 8. The molecule has 0 fully saturated rings. The van der Waals surface area contributed by atoms with Gasteiger partial charge in [0.1, 0.15) is 6.54 Å². The smallest absolute Gasteiger partial charge is 0.325 e. The Labute approximate surface area is 146 Å². The van der Waals surface area contributed by atoms with Crippen LogP contribution in [0.15, 0.2) is 12.3 Å². The Morgan fingerprint density at radius 3 is 2.64 bits per heavy atom. The molecule has 8 nitrogen and oxygen atoms in total. The Hall–Kier alpha value is -2.64. The van der Waals surface area contributed by atoms with Gasteiger partial charge in [0.25, 0.3) is 0 Å². The molecule has 0 aliphatic carbocycles. The van der Waals surface area contributed by atoms with Crippen molar-refractivity contribution in [3.05, 3.63) is 29.2 Å². The summed E-state index contributed by atoms with van der Waals surface area (Å²) in [7, 11) is 0. The molecule has 2 heterocycles. The number of amides is 1. The number of aliphatic carboxylic acids is 1. The van der Waals surface area contributed by atoms with Gasteiger partial charge in [0.2, 0.25) is 5.91 Å². The highest BCUT2D eigenvalue weighted by Gasteiger charge is 2.14. The van der Waals surface area contributed by atoms with Gasteiger partial charge in [-0.15, -0.1) is 0 Å². The minimum Gasteiger partial charge on any atom is -0.480 e. The average molecular weight is 347 g/mol. The van der Waals surface area contributed by atoms with Crippen molar-refractivity contribution in [3.63, 3.8) is 0 Å². The molecule has 2 aromatic rings. The number of hydrogen-bond donors (Lipinski definition) is 2. The minimum absolute atomic E-state index is 0.156. The molecule has 8 heteroatoms. The first-order valence-corrected chi connectivity index (χ1v) is 8.34. The molecule has 2 aromatic heterocycles. The standard InChI is InChI=1S/C17H25N5O3/c1-11(2)9-22-13(4)14(12(3)19-22)5-6-16(23)18-15-7-8-21(20-15)10-17(24)25/h7-8,11H,5-6,9-10H2,1-4H3,(H,24,25)(H,18,20,23). The third-order valence-electron chi connectivity index (χ3n) is 3.88. The van der Waals surface area contributed by atoms with Crippen LogP contribution in [0.25, 0.3) is 0 Å². The zero-order valence-corrected chi connectivity index (χ0v) is 15.1. The lowest BCUT2D eigenvalue weighted by Crippen LogP contribution is -2.14. The summed E-state index contributed by atoms with van der Waals surface area (Å²) >= 11 is 0. The Morgan fingerprint density at radius 1 is 1.28 bits per heavy atom. The topological polar surface area (TPSA) is 102 Å². The van der Waals surface area contributed by atoms with Gasteiger partial charge in [0.15, 0.2) is 5.82 Å². The lowest BCUT2D eigenvalue weighted by Gasteiger charge is -2.08. The molecule has 25 heavy (non-hydrogen) atoms. The van der Waals surface area contributed by atoms with Crippen LogP contribution in [0.5, 0.6) is 0 Å². The average Bonchev–Trinajstić information content (AvgIpc) is 3.01. The number of carbonyl (C=O) groups is 2. The molecular weight excluding hydrogens is 322 g/mol. The summed E-state index contributed by atoms with van der Waals surface area (Å²) in [5.74, 6) is -0.272. The van der Waals surface area contributed by atoms with E-state index in [1.807, 2.05) is 18.5 Å². The molecule has 2 rings (SSSR count). The number of anilines is 1. The van der Waals surface area contributed by atoms with Crippen LogP contribution in [0, 0.1) is 19.8 Å². The van der Waals surface area contributed by atoms with Crippen LogP contribution in [-0.2, 0) is 29.1 Å². The number of hydrogen-bond acceptors (Lipinski definition) is 4. The molecule has 2 N–H and O–H groups in total. The molecule has 0 saturated heterocycles. The summed E-state index contributed by atoms with van der Waals surface area (Å²) in [5.41, 5.74) is 3.16. The molecule has 136 valence electrons. The SMILES string of the molecule is Cc1nn(CC(C)C)c(C)c1CCC(=O)Nc1ccn(CC(=O)O)n1. The van der Waals surface area contributed by atoms with Crippen molar-refractivity contribution in [1.29, 1.82) is 0 Å². The van der Waals surface area contributed by atoms with Crippen LogP contribution in [0.1, 0.15) is 37.2 Å². The van der Waals surface area contributed by atoms with Gasteiger partial charge in [-0.2, -0.15) is 10.2 Å².